The number of rotatable bonds is 4. The molecule has 4 rings (SSSR count). The highest BCUT2D eigenvalue weighted by Gasteiger charge is 2.11. The molecule has 0 saturated carbocycles. The first-order valence-corrected chi connectivity index (χ1v) is 8.65. The Kier molecular flexibility index (Phi) is 4.49. The number of fused-ring (bicyclic) bond motifs is 1. The second-order valence-corrected chi connectivity index (χ2v) is 6.19. The molecule has 0 bridgehead atoms. The summed E-state index contributed by atoms with van der Waals surface area (Å²) < 4.78 is 1.52. The van der Waals surface area contributed by atoms with Gasteiger partial charge in [0.05, 0.1) is 5.69 Å². The van der Waals surface area contributed by atoms with Gasteiger partial charge in [0.2, 0.25) is 0 Å². The lowest BCUT2D eigenvalue weighted by Gasteiger charge is -2.10. The van der Waals surface area contributed by atoms with Crippen LogP contribution in [-0.2, 0) is 0 Å². The number of aromatic nitrogens is 2. The van der Waals surface area contributed by atoms with Crippen molar-refractivity contribution >= 4 is 29.1 Å². The molecule has 4 aromatic rings. The van der Waals surface area contributed by atoms with E-state index in [2.05, 4.69) is 15.3 Å². The minimum absolute atomic E-state index is 0.171. The Hall–Kier alpha value is -3.73. The van der Waals surface area contributed by atoms with E-state index in [9.17, 15) is 4.79 Å². The Morgan fingerprint density at radius 3 is 2.48 bits per heavy atom. The number of nitrogens with zero attached hydrogens (tertiary/aromatic N) is 3. The summed E-state index contributed by atoms with van der Waals surface area (Å²) >= 11 is 0. The van der Waals surface area contributed by atoms with Gasteiger partial charge in [0, 0.05) is 18.1 Å². The lowest BCUT2D eigenvalue weighted by Crippen LogP contribution is -2.21. The second kappa shape index (κ2) is 7.25. The second-order valence-electron chi connectivity index (χ2n) is 6.19. The van der Waals surface area contributed by atoms with Crippen LogP contribution in [0.15, 0.2) is 88.8 Å². The molecule has 5 heteroatoms. The highest BCUT2D eigenvalue weighted by molar-refractivity contribution is 5.89. The number of aliphatic imine (C=N–C) groups is 1. The Bertz CT molecular complexity index is 1160. The molecule has 1 N–H and O–H groups in total. The summed E-state index contributed by atoms with van der Waals surface area (Å²) in [7, 11) is 0. The zero-order valence-corrected chi connectivity index (χ0v) is 14.8. The standard InChI is InChI=1S/C22H18N4O/c1-16-10-12-18(13-11-16)24-21-19(15-23-17-7-3-2-4-8-17)22(27)26-14-6-5-9-20(26)25-21/h2-15,24H,1H3. The van der Waals surface area contributed by atoms with E-state index in [4.69, 9.17) is 0 Å². The van der Waals surface area contributed by atoms with Crippen LogP contribution >= 0.6 is 0 Å². The average Bonchev–Trinajstić information content (AvgIpc) is 2.70. The van der Waals surface area contributed by atoms with E-state index >= 15 is 0 Å². The Balaban J connectivity index is 1.83. The molecule has 0 spiro atoms. The van der Waals surface area contributed by atoms with Gasteiger partial charge in [-0.3, -0.25) is 14.2 Å². The lowest BCUT2D eigenvalue weighted by molar-refractivity contribution is 1.04. The zero-order valence-electron chi connectivity index (χ0n) is 14.8. The topological polar surface area (TPSA) is 58.8 Å². The van der Waals surface area contributed by atoms with Gasteiger partial charge in [0.1, 0.15) is 17.0 Å². The van der Waals surface area contributed by atoms with Crippen molar-refractivity contribution in [3.63, 3.8) is 0 Å². The molecule has 0 aliphatic carbocycles. The van der Waals surface area contributed by atoms with Crippen molar-refractivity contribution in [2.75, 3.05) is 5.32 Å². The summed E-state index contributed by atoms with van der Waals surface area (Å²) in [6.07, 6.45) is 3.28. The van der Waals surface area contributed by atoms with E-state index in [0.29, 0.717) is 17.0 Å². The molecule has 0 radical (unpaired) electrons. The van der Waals surface area contributed by atoms with Crippen molar-refractivity contribution in [3.8, 4) is 0 Å². The molecule has 2 aromatic heterocycles. The molecule has 0 atom stereocenters. The molecule has 0 saturated heterocycles. The van der Waals surface area contributed by atoms with Crippen LogP contribution < -0.4 is 10.9 Å². The fourth-order valence-corrected chi connectivity index (χ4v) is 2.74. The monoisotopic (exact) mass is 354 g/mol. The molecule has 0 fully saturated rings. The van der Waals surface area contributed by atoms with E-state index < -0.39 is 0 Å². The van der Waals surface area contributed by atoms with Crippen LogP contribution in [0, 0.1) is 6.92 Å². The van der Waals surface area contributed by atoms with Gasteiger partial charge in [-0.1, -0.05) is 42.0 Å². The minimum Gasteiger partial charge on any atom is -0.339 e. The molecule has 0 amide bonds. The van der Waals surface area contributed by atoms with Gasteiger partial charge >= 0.3 is 0 Å². The van der Waals surface area contributed by atoms with Gasteiger partial charge in [-0.15, -0.1) is 0 Å². The summed E-state index contributed by atoms with van der Waals surface area (Å²) in [4.78, 5) is 22.1. The van der Waals surface area contributed by atoms with Crippen LogP contribution in [0.2, 0.25) is 0 Å². The summed E-state index contributed by atoms with van der Waals surface area (Å²) in [5, 5.41) is 3.25. The number of hydrogen-bond donors (Lipinski definition) is 1. The minimum atomic E-state index is -0.171. The number of nitrogens with one attached hydrogen (secondary N) is 1. The molecule has 132 valence electrons. The fraction of sp³-hybridized carbons (Fsp3) is 0.0455. The van der Waals surface area contributed by atoms with Crippen LogP contribution in [0.3, 0.4) is 0 Å². The molecule has 2 aromatic carbocycles. The van der Waals surface area contributed by atoms with Gasteiger partial charge in [-0.2, -0.15) is 0 Å². The van der Waals surface area contributed by atoms with E-state index in [-0.39, 0.29) is 5.56 Å². The van der Waals surface area contributed by atoms with Crippen molar-refractivity contribution < 1.29 is 0 Å². The van der Waals surface area contributed by atoms with Crippen LogP contribution in [0.25, 0.3) is 5.65 Å². The van der Waals surface area contributed by atoms with Crippen LogP contribution in [0.4, 0.5) is 17.2 Å². The molecule has 0 unspecified atom stereocenters. The van der Waals surface area contributed by atoms with Gasteiger partial charge < -0.3 is 5.32 Å². The number of hydrogen-bond acceptors (Lipinski definition) is 4. The smallest absolute Gasteiger partial charge is 0.268 e. The summed E-state index contributed by atoms with van der Waals surface area (Å²) in [6, 6.07) is 22.9. The van der Waals surface area contributed by atoms with Gasteiger partial charge in [0.25, 0.3) is 5.56 Å². The Morgan fingerprint density at radius 2 is 1.70 bits per heavy atom. The molecule has 5 nitrogen and oxygen atoms in total. The summed E-state index contributed by atoms with van der Waals surface area (Å²) in [5.74, 6) is 0.481. The van der Waals surface area contributed by atoms with Crippen LogP contribution in [-0.4, -0.2) is 15.6 Å². The highest BCUT2D eigenvalue weighted by Crippen LogP contribution is 2.18. The number of anilines is 2. The first kappa shape index (κ1) is 16.7. The third-order valence-corrected chi connectivity index (χ3v) is 4.18. The maximum absolute atomic E-state index is 13.0. The van der Waals surface area contributed by atoms with Crippen LogP contribution in [0.1, 0.15) is 11.1 Å². The fourth-order valence-electron chi connectivity index (χ4n) is 2.74. The Labute approximate surface area is 156 Å². The van der Waals surface area contributed by atoms with E-state index in [0.717, 1.165) is 16.9 Å². The number of para-hydroxylation sites is 1. The van der Waals surface area contributed by atoms with E-state index in [1.165, 1.54) is 4.40 Å². The molecule has 0 aliphatic rings. The predicted octanol–water partition coefficient (Wildman–Crippen LogP) is 4.50. The van der Waals surface area contributed by atoms with Gasteiger partial charge in [0.15, 0.2) is 0 Å². The molecule has 2 heterocycles. The molecular formula is C22H18N4O. The summed E-state index contributed by atoms with van der Waals surface area (Å²) in [5.41, 5.74) is 3.61. The average molecular weight is 354 g/mol. The van der Waals surface area contributed by atoms with Gasteiger partial charge in [-0.25, -0.2) is 4.98 Å². The normalized spacial score (nSPS) is 11.1. The zero-order chi connectivity index (χ0) is 18.6. The van der Waals surface area contributed by atoms with Gasteiger partial charge in [-0.05, 0) is 43.3 Å². The van der Waals surface area contributed by atoms with Crippen LogP contribution in [0.5, 0.6) is 0 Å². The quantitative estimate of drug-likeness (QED) is 0.549. The largest absolute Gasteiger partial charge is 0.339 e. The maximum atomic E-state index is 13.0. The highest BCUT2D eigenvalue weighted by atomic mass is 16.1. The Morgan fingerprint density at radius 1 is 0.963 bits per heavy atom. The summed E-state index contributed by atoms with van der Waals surface area (Å²) in [6.45, 7) is 2.03. The van der Waals surface area contributed by atoms with Crippen molar-refractivity contribution in [2.45, 2.75) is 6.92 Å². The third kappa shape index (κ3) is 3.62. The van der Waals surface area contributed by atoms with E-state index in [1.54, 1.807) is 24.5 Å². The van der Waals surface area contributed by atoms with Crippen molar-refractivity contribution in [1.29, 1.82) is 0 Å². The first-order valence-electron chi connectivity index (χ1n) is 8.65. The number of pyridine rings is 1. The lowest BCUT2D eigenvalue weighted by atomic mass is 10.2. The molecule has 27 heavy (non-hydrogen) atoms. The van der Waals surface area contributed by atoms with Crippen molar-refractivity contribution in [2.24, 2.45) is 4.99 Å². The SMILES string of the molecule is Cc1ccc(Nc2nc3ccccn3c(=O)c2C=Nc2ccccc2)cc1. The van der Waals surface area contributed by atoms with Crippen molar-refractivity contribution in [3.05, 3.63) is 100 Å². The first-order chi connectivity index (χ1) is 13.2. The molecular weight excluding hydrogens is 336 g/mol. The molecule has 0 aliphatic heterocycles. The number of benzene rings is 2. The maximum Gasteiger partial charge on any atom is 0.268 e. The number of aryl methyl sites for hydroxylation is 1. The van der Waals surface area contributed by atoms with E-state index in [1.807, 2.05) is 67.6 Å². The third-order valence-electron chi connectivity index (χ3n) is 4.18. The predicted molar refractivity (Wildman–Crippen MR) is 110 cm³/mol. The van der Waals surface area contributed by atoms with Crippen molar-refractivity contribution in [1.82, 2.24) is 9.38 Å².